The molecule has 1 aromatic carbocycles. The van der Waals surface area contributed by atoms with Crippen molar-refractivity contribution in [3.05, 3.63) is 58.1 Å². The summed E-state index contributed by atoms with van der Waals surface area (Å²) in [5.41, 5.74) is 1.56. The summed E-state index contributed by atoms with van der Waals surface area (Å²) in [6, 6.07) is 7.21. The Labute approximate surface area is 98.7 Å². The number of allylic oxidation sites excluding steroid dienone is 4. The topological polar surface area (TPSA) is 47.6 Å². The number of hydrogen-bond donors (Lipinski definition) is 0. The third kappa shape index (κ3) is 1.72. The van der Waals surface area contributed by atoms with Crippen LogP contribution in [0.3, 0.4) is 0 Å². The number of nitrogens with zero attached hydrogens (tertiary/aromatic N) is 2. The van der Waals surface area contributed by atoms with Gasteiger partial charge >= 0.3 is 0 Å². The molecule has 2 nitrogen and oxygen atoms in total. The standard InChI is InChI=1S/C13H7ClN2/c14-13-6-11(8-16)10(7-15)5-12(13)9-3-1-2-4-9/h1-6,9H. The summed E-state index contributed by atoms with van der Waals surface area (Å²) in [7, 11) is 0. The Kier molecular flexibility index (Phi) is 2.77. The highest BCUT2D eigenvalue weighted by Crippen LogP contribution is 2.31. The van der Waals surface area contributed by atoms with Gasteiger partial charge in [-0.2, -0.15) is 10.5 Å². The predicted molar refractivity (Wildman–Crippen MR) is 61.9 cm³/mol. The maximum Gasteiger partial charge on any atom is 0.101 e. The lowest BCUT2D eigenvalue weighted by molar-refractivity contribution is 1.10. The van der Waals surface area contributed by atoms with Gasteiger partial charge in [0.1, 0.15) is 12.1 Å². The van der Waals surface area contributed by atoms with Crippen LogP contribution in [0.1, 0.15) is 22.6 Å². The number of nitriles is 2. The number of benzene rings is 1. The molecule has 0 heterocycles. The Balaban J connectivity index is 2.57. The Morgan fingerprint density at radius 2 is 1.56 bits per heavy atom. The van der Waals surface area contributed by atoms with E-state index < -0.39 is 0 Å². The smallest absolute Gasteiger partial charge is 0.101 e. The molecule has 16 heavy (non-hydrogen) atoms. The third-order valence-corrected chi connectivity index (χ3v) is 2.81. The van der Waals surface area contributed by atoms with Gasteiger partial charge in [0.15, 0.2) is 0 Å². The Bertz CT molecular complexity index is 559. The lowest BCUT2D eigenvalue weighted by Gasteiger charge is -2.09. The van der Waals surface area contributed by atoms with Crippen LogP contribution in [0.15, 0.2) is 36.4 Å². The van der Waals surface area contributed by atoms with Crippen LogP contribution in [-0.4, -0.2) is 0 Å². The molecule has 0 amide bonds. The fourth-order valence-corrected chi connectivity index (χ4v) is 1.96. The van der Waals surface area contributed by atoms with Gasteiger partial charge in [-0.1, -0.05) is 35.9 Å². The summed E-state index contributed by atoms with van der Waals surface area (Å²) in [4.78, 5) is 0. The Hall–Kier alpha value is -2.03. The molecule has 0 aliphatic heterocycles. The molecule has 3 heteroatoms. The van der Waals surface area contributed by atoms with Crippen LogP contribution in [0, 0.1) is 22.7 Å². The lowest BCUT2D eigenvalue weighted by atomic mass is 9.96. The molecule has 0 aromatic heterocycles. The summed E-state index contributed by atoms with van der Waals surface area (Å²) >= 11 is 6.09. The van der Waals surface area contributed by atoms with Crippen molar-refractivity contribution >= 4 is 11.6 Å². The monoisotopic (exact) mass is 226 g/mol. The van der Waals surface area contributed by atoms with Crippen LogP contribution in [0.2, 0.25) is 5.02 Å². The Morgan fingerprint density at radius 3 is 2.12 bits per heavy atom. The largest absolute Gasteiger partial charge is 0.192 e. The van der Waals surface area contributed by atoms with Gasteiger partial charge in [0.05, 0.1) is 11.1 Å². The van der Waals surface area contributed by atoms with Crippen LogP contribution in [0.5, 0.6) is 0 Å². The van der Waals surface area contributed by atoms with E-state index in [0.29, 0.717) is 16.1 Å². The van der Waals surface area contributed by atoms with E-state index in [9.17, 15) is 0 Å². The highest BCUT2D eigenvalue weighted by atomic mass is 35.5. The molecule has 1 aromatic rings. The fraction of sp³-hybridized carbons (Fsp3) is 0.0769. The first-order valence-corrected chi connectivity index (χ1v) is 5.12. The van der Waals surface area contributed by atoms with Crippen LogP contribution >= 0.6 is 11.6 Å². The summed E-state index contributed by atoms with van der Waals surface area (Å²) in [5, 5.41) is 18.3. The molecular weight excluding hydrogens is 220 g/mol. The molecule has 0 radical (unpaired) electrons. The van der Waals surface area contributed by atoms with E-state index in [-0.39, 0.29) is 5.92 Å². The third-order valence-electron chi connectivity index (χ3n) is 2.48. The maximum atomic E-state index is 8.93. The second-order valence-corrected chi connectivity index (χ2v) is 3.85. The van der Waals surface area contributed by atoms with Gasteiger partial charge in [-0.25, -0.2) is 0 Å². The number of halogens is 1. The Morgan fingerprint density at radius 1 is 1.00 bits per heavy atom. The molecule has 76 valence electrons. The second-order valence-electron chi connectivity index (χ2n) is 3.44. The van der Waals surface area contributed by atoms with E-state index >= 15 is 0 Å². The summed E-state index contributed by atoms with van der Waals surface area (Å²) in [5.74, 6) is 0.104. The average molecular weight is 227 g/mol. The highest BCUT2D eigenvalue weighted by Gasteiger charge is 2.14. The van der Waals surface area contributed by atoms with Crippen molar-refractivity contribution in [2.24, 2.45) is 0 Å². The maximum absolute atomic E-state index is 8.93. The first-order valence-electron chi connectivity index (χ1n) is 4.75. The van der Waals surface area contributed by atoms with Crippen LogP contribution in [-0.2, 0) is 0 Å². The fourth-order valence-electron chi connectivity index (χ4n) is 1.67. The summed E-state index contributed by atoms with van der Waals surface area (Å²) in [6.45, 7) is 0. The van der Waals surface area contributed by atoms with Gasteiger partial charge in [0.2, 0.25) is 0 Å². The van der Waals surface area contributed by atoms with Gasteiger partial charge in [0, 0.05) is 10.9 Å². The van der Waals surface area contributed by atoms with Crippen molar-refractivity contribution in [3.63, 3.8) is 0 Å². The zero-order valence-electron chi connectivity index (χ0n) is 8.31. The van der Waals surface area contributed by atoms with E-state index in [4.69, 9.17) is 22.1 Å². The van der Waals surface area contributed by atoms with E-state index in [1.807, 2.05) is 36.4 Å². The van der Waals surface area contributed by atoms with Crippen molar-refractivity contribution in [3.8, 4) is 12.1 Å². The number of rotatable bonds is 1. The first-order chi connectivity index (χ1) is 7.76. The minimum atomic E-state index is 0.104. The van der Waals surface area contributed by atoms with Crippen LogP contribution in [0.25, 0.3) is 0 Å². The first kappa shape index (κ1) is 10.5. The molecule has 0 N–H and O–H groups in total. The van der Waals surface area contributed by atoms with E-state index in [0.717, 1.165) is 5.56 Å². The van der Waals surface area contributed by atoms with E-state index in [1.165, 1.54) is 0 Å². The van der Waals surface area contributed by atoms with Crippen molar-refractivity contribution in [1.29, 1.82) is 10.5 Å². The molecule has 1 aliphatic carbocycles. The highest BCUT2D eigenvalue weighted by molar-refractivity contribution is 6.31. The molecular formula is C13H7ClN2. The molecule has 1 aliphatic rings. The second kappa shape index (κ2) is 4.23. The van der Waals surface area contributed by atoms with Gasteiger partial charge in [-0.15, -0.1) is 0 Å². The average Bonchev–Trinajstić information content (AvgIpc) is 2.82. The minimum Gasteiger partial charge on any atom is -0.192 e. The number of hydrogen-bond acceptors (Lipinski definition) is 2. The SMILES string of the molecule is N#Cc1cc(Cl)c(C2C=CC=C2)cc1C#N. The van der Waals surface area contributed by atoms with E-state index in [2.05, 4.69) is 0 Å². The summed E-state index contributed by atoms with van der Waals surface area (Å²) in [6.07, 6.45) is 7.86. The molecule has 0 atom stereocenters. The zero-order valence-corrected chi connectivity index (χ0v) is 9.07. The molecule has 0 unspecified atom stereocenters. The van der Waals surface area contributed by atoms with Crippen molar-refractivity contribution in [1.82, 2.24) is 0 Å². The molecule has 0 bridgehead atoms. The van der Waals surface area contributed by atoms with Crippen molar-refractivity contribution in [2.75, 3.05) is 0 Å². The quantitative estimate of drug-likeness (QED) is 0.738. The normalized spacial score (nSPS) is 13.7. The molecule has 2 rings (SSSR count). The zero-order chi connectivity index (χ0) is 11.5. The molecule has 0 spiro atoms. The van der Waals surface area contributed by atoms with E-state index in [1.54, 1.807) is 12.1 Å². The molecule has 0 saturated heterocycles. The van der Waals surface area contributed by atoms with Crippen LogP contribution < -0.4 is 0 Å². The van der Waals surface area contributed by atoms with Gasteiger partial charge < -0.3 is 0 Å². The minimum absolute atomic E-state index is 0.104. The van der Waals surface area contributed by atoms with Gasteiger partial charge in [-0.3, -0.25) is 0 Å². The van der Waals surface area contributed by atoms with Crippen LogP contribution in [0.4, 0.5) is 0 Å². The molecule has 0 fully saturated rings. The molecule has 0 saturated carbocycles. The van der Waals surface area contributed by atoms with Gasteiger partial charge in [-0.05, 0) is 17.7 Å². The predicted octanol–water partition coefficient (Wildman–Crippen LogP) is 3.29. The van der Waals surface area contributed by atoms with Crippen molar-refractivity contribution in [2.45, 2.75) is 5.92 Å². The lowest BCUT2D eigenvalue weighted by Crippen LogP contribution is -1.94. The summed E-state index contributed by atoms with van der Waals surface area (Å²) < 4.78 is 0. The van der Waals surface area contributed by atoms with Crippen molar-refractivity contribution < 1.29 is 0 Å². The van der Waals surface area contributed by atoms with Gasteiger partial charge in [0.25, 0.3) is 0 Å².